The predicted molar refractivity (Wildman–Crippen MR) is 81.3 cm³/mol. The van der Waals surface area contributed by atoms with Crippen molar-refractivity contribution in [2.24, 2.45) is 0 Å². The van der Waals surface area contributed by atoms with Gasteiger partial charge in [-0.25, -0.2) is 14.6 Å². The van der Waals surface area contributed by atoms with E-state index in [1.54, 1.807) is 18.2 Å². The lowest BCUT2D eigenvalue weighted by molar-refractivity contribution is -0.114. The number of nitrogens with one attached hydrogen (secondary N) is 1. The van der Waals surface area contributed by atoms with Crippen LogP contribution < -0.4 is 10.1 Å². The molecule has 0 atom stereocenters. The summed E-state index contributed by atoms with van der Waals surface area (Å²) in [5.74, 6) is -1.52. The fourth-order valence-electron chi connectivity index (χ4n) is 1.77. The molecule has 0 aliphatic rings. The van der Waals surface area contributed by atoms with Gasteiger partial charge in [-0.3, -0.25) is 4.79 Å². The van der Waals surface area contributed by atoms with E-state index in [-0.39, 0.29) is 23.0 Å². The van der Waals surface area contributed by atoms with E-state index >= 15 is 0 Å². The standard InChI is InChI=1S/C16H14N2O5/c1-10(19)17-11-6-3-4-9-14(11)23-16(21)13-8-5-7-12(18-13)15(20)22-2/h3-9H,1-2H3,(H,17,19). The number of para-hydroxylation sites is 2. The van der Waals surface area contributed by atoms with E-state index in [0.717, 1.165) is 0 Å². The van der Waals surface area contributed by atoms with Crippen molar-refractivity contribution < 1.29 is 23.9 Å². The van der Waals surface area contributed by atoms with Crippen LogP contribution in [-0.4, -0.2) is 29.9 Å². The molecule has 118 valence electrons. The maximum atomic E-state index is 12.2. The highest BCUT2D eigenvalue weighted by atomic mass is 16.5. The Morgan fingerprint density at radius 3 is 2.26 bits per heavy atom. The van der Waals surface area contributed by atoms with Crippen LogP contribution in [0.1, 0.15) is 27.9 Å². The quantitative estimate of drug-likeness (QED) is 0.685. The zero-order chi connectivity index (χ0) is 16.8. The number of pyridine rings is 1. The molecule has 0 saturated carbocycles. The molecular weight excluding hydrogens is 300 g/mol. The number of benzene rings is 1. The molecule has 0 saturated heterocycles. The van der Waals surface area contributed by atoms with Crippen LogP contribution in [0.2, 0.25) is 0 Å². The lowest BCUT2D eigenvalue weighted by Crippen LogP contribution is -2.15. The number of ether oxygens (including phenoxy) is 2. The van der Waals surface area contributed by atoms with Gasteiger partial charge in [0.1, 0.15) is 11.4 Å². The second kappa shape index (κ2) is 7.17. The van der Waals surface area contributed by atoms with Crippen molar-refractivity contribution >= 4 is 23.5 Å². The Labute approximate surface area is 132 Å². The summed E-state index contributed by atoms with van der Waals surface area (Å²) in [7, 11) is 1.22. The van der Waals surface area contributed by atoms with Gasteiger partial charge in [0.05, 0.1) is 12.8 Å². The van der Waals surface area contributed by atoms with Crippen LogP contribution in [0.15, 0.2) is 42.5 Å². The van der Waals surface area contributed by atoms with E-state index in [1.807, 2.05) is 0 Å². The summed E-state index contributed by atoms with van der Waals surface area (Å²) < 4.78 is 9.78. The Morgan fingerprint density at radius 1 is 0.957 bits per heavy atom. The molecule has 2 rings (SSSR count). The van der Waals surface area contributed by atoms with E-state index in [9.17, 15) is 14.4 Å². The third-order valence-electron chi connectivity index (χ3n) is 2.75. The van der Waals surface area contributed by atoms with E-state index in [4.69, 9.17) is 4.74 Å². The van der Waals surface area contributed by atoms with Crippen LogP contribution in [0.25, 0.3) is 0 Å². The Bertz CT molecular complexity index is 758. The number of amides is 1. The highest BCUT2D eigenvalue weighted by Gasteiger charge is 2.16. The van der Waals surface area contributed by atoms with Crippen LogP contribution in [0, 0.1) is 0 Å². The first-order chi connectivity index (χ1) is 11.0. The summed E-state index contributed by atoms with van der Waals surface area (Å²) in [6.07, 6.45) is 0. The number of carbonyl (C=O) groups is 3. The molecule has 0 bridgehead atoms. The number of nitrogens with zero attached hydrogens (tertiary/aromatic N) is 1. The summed E-state index contributed by atoms with van der Waals surface area (Å²) in [6.45, 7) is 1.35. The van der Waals surface area contributed by atoms with Gasteiger partial charge in [0.25, 0.3) is 0 Å². The van der Waals surface area contributed by atoms with Crippen LogP contribution in [0.4, 0.5) is 5.69 Å². The van der Waals surface area contributed by atoms with Crippen molar-refractivity contribution in [1.29, 1.82) is 0 Å². The molecule has 7 nitrogen and oxygen atoms in total. The molecule has 1 N–H and O–H groups in total. The summed E-state index contributed by atoms with van der Waals surface area (Å²) in [4.78, 5) is 38.7. The maximum Gasteiger partial charge on any atom is 0.362 e. The number of methoxy groups -OCH3 is 1. The van der Waals surface area contributed by atoms with E-state index in [0.29, 0.717) is 5.69 Å². The van der Waals surface area contributed by atoms with Crippen LogP contribution in [-0.2, 0) is 9.53 Å². The molecule has 0 aliphatic carbocycles. The minimum absolute atomic E-state index is 0.00269. The van der Waals surface area contributed by atoms with Gasteiger partial charge < -0.3 is 14.8 Å². The summed E-state index contributed by atoms with van der Waals surface area (Å²) in [5, 5.41) is 2.56. The van der Waals surface area contributed by atoms with Crippen molar-refractivity contribution in [3.8, 4) is 5.75 Å². The number of hydrogen-bond donors (Lipinski definition) is 1. The highest BCUT2D eigenvalue weighted by molar-refractivity contribution is 5.94. The lowest BCUT2D eigenvalue weighted by Gasteiger charge is -2.10. The van der Waals surface area contributed by atoms with Gasteiger partial charge in [-0.15, -0.1) is 0 Å². The van der Waals surface area contributed by atoms with Crippen molar-refractivity contribution in [3.05, 3.63) is 53.9 Å². The third kappa shape index (κ3) is 4.13. The molecule has 2 aromatic rings. The van der Waals surface area contributed by atoms with Crippen molar-refractivity contribution in [2.45, 2.75) is 6.92 Å². The van der Waals surface area contributed by atoms with E-state index in [2.05, 4.69) is 15.0 Å². The fraction of sp³-hybridized carbons (Fsp3) is 0.125. The van der Waals surface area contributed by atoms with Crippen molar-refractivity contribution in [1.82, 2.24) is 4.98 Å². The maximum absolute atomic E-state index is 12.2. The largest absolute Gasteiger partial charge is 0.464 e. The van der Waals surface area contributed by atoms with Gasteiger partial charge in [-0.2, -0.15) is 0 Å². The number of aromatic nitrogens is 1. The van der Waals surface area contributed by atoms with Gasteiger partial charge in [0, 0.05) is 6.92 Å². The van der Waals surface area contributed by atoms with Crippen molar-refractivity contribution in [3.63, 3.8) is 0 Å². The van der Waals surface area contributed by atoms with E-state index in [1.165, 1.54) is 38.3 Å². The van der Waals surface area contributed by atoms with Crippen LogP contribution in [0.3, 0.4) is 0 Å². The van der Waals surface area contributed by atoms with Gasteiger partial charge in [-0.1, -0.05) is 18.2 Å². The average molecular weight is 314 g/mol. The molecular formula is C16H14N2O5. The topological polar surface area (TPSA) is 94.6 Å². The summed E-state index contributed by atoms with van der Waals surface area (Å²) in [5.41, 5.74) is 0.306. The predicted octanol–water partition coefficient (Wildman–Crippen LogP) is 2.05. The zero-order valence-electron chi connectivity index (χ0n) is 12.5. The third-order valence-corrected chi connectivity index (χ3v) is 2.75. The molecule has 1 aromatic carbocycles. The zero-order valence-corrected chi connectivity index (χ0v) is 12.5. The van der Waals surface area contributed by atoms with Gasteiger partial charge >= 0.3 is 11.9 Å². The first-order valence-corrected chi connectivity index (χ1v) is 6.65. The highest BCUT2D eigenvalue weighted by Crippen LogP contribution is 2.24. The van der Waals surface area contributed by atoms with Gasteiger partial charge in [0.15, 0.2) is 5.75 Å². The number of carbonyl (C=O) groups excluding carboxylic acids is 3. The minimum Gasteiger partial charge on any atom is -0.464 e. The average Bonchev–Trinajstić information content (AvgIpc) is 2.55. The molecule has 23 heavy (non-hydrogen) atoms. The minimum atomic E-state index is -0.756. The molecule has 1 heterocycles. The molecule has 0 spiro atoms. The SMILES string of the molecule is COC(=O)c1cccc(C(=O)Oc2ccccc2NC(C)=O)n1. The lowest BCUT2D eigenvalue weighted by atomic mass is 10.2. The van der Waals surface area contributed by atoms with E-state index < -0.39 is 11.9 Å². The summed E-state index contributed by atoms with van der Waals surface area (Å²) >= 11 is 0. The number of esters is 2. The molecule has 0 unspecified atom stereocenters. The van der Waals surface area contributed by atoms with Crippen LogP contribution >= 0.6 is 0 Å². The number of anilines is 1. The molecule has 0 aliphatic heterocycles. The molecule has 1 amide bonds. The normalized spacial score (nSPS) is 9.83. The molecule has 7 heteroatoms. The van der Waals surface area contributed by atoms with Gasteiger partial charge in [0.2, 0.25) is 5.91 Å². The Hall–Kier alpha value is -3.22. The molecule has 0 radical (unpaired) electrons. The second-order valence-electron chi connectivity index (χ2n) is 4.47. The number of hydrogen-bond acceptors (Lipinski definition) is 6. The Kier molecular flexibility index (Phi) is 5.03. The van der Waals surface area contributed by atoms with Gasteiger partial charge in [-0.05, 0) is 24.3 Å². The fourth-order valence-corrected chi connectivity index (χ4v) is 1.77. The van der Waals surface area contributed by atoms with Crippen LogP contribution in [0.5, 0.6) is 5.75 Å². The Balaban J connectivity index is 2.23. The molecule has 1 aromatic heterocycles. The first kappa shape index (κ1) is 16.2. The second-order valence-corrected chi connectivity index (χ2v) is 4.47. The molecule has 0 fully saturated rings. The van der Waals surface area contributed by atoms with Crippen molar-refractivity contribution in [2.75, 3.05) is 12.4 Å². The first-order valence-electron chi connectivity index (χ1n) is 6.65. The smallest absolute Gasteiger partial charge is 0.362 e. The monoisotopic (exact) mass is 314 g/mol. The number of rotatable bonds is 4. The summed E-state index contributed by atoms with van der Waals surface area (Å²) in [6, 6.07) is 10.8. The Morgan fingerprint density at radius 2 is 1.61 bits per heavy atom.